The monoisotopic (exact) mass is 336 g/mol. The second-order valence-electron chi connectivity index (χ2n) is 6.71. The van der Waals surface area contributed by atoms with Gasteiger partial charge in [0.1, 0.15) is 23.5 Å². The van der Waals surface area contributed by atoms with E-state index >= 15 is 0 Å². The van der Waals surface area contributed by atoms with Gasteiger partial charge < -0.3 is 10.3 Å². The summed E-state index contributed by atoms with van der Waals surface area (Å²) < 4.78 is 13.8. The summed E-state index contributed by atoms with van der Waals surface area (Å²) >= 11 is 0. The molecule has 6 heteroatoms. The lowest BCUT2D eigenvalue weighted by Gasteiger charge is -2.29. The van der Waals surface area contributed by atoms with Crippen LogP contribution in [0.5, 0.6) is 0 Å². The van der Waals surface area contributed by atoms with Gasteiger partial charge in [-0.15, -0.1) is 0 Å². The Morgan fingerprint density at radius 3 is 3.04 bits per heavy atom. The first kappa shape index (κ1) is 15.6. The summed E-state index contributed by atoms with van der Waals surface area (Å²) in [6.07, 6.45) is 3.39. The fourth-order valence-electron chi connectivity index (χ4n) is 3.66. The van der Waals surface area contributed by atoms with Gasteiger partial charge in [0, 0.05) is 36.0 Å². The molecule has 0 aliphatic heterocycles. The number of Topliss-reactive ketones (excluding diaryl/α,β-unsaturated/α-hetero) is 1. The van der Waals surface area contributed by atoms with Gasteiger partial charge in [-0.3, -0.25) is 4.79 Å². The van der Waals surface area contributed by atoms with Crippen LogP contribution in [0.3, 0.4) is 0 Å². The third-order valence-electron chi connectivity index (χ3n) is 5.00. The molecule has 0 amide bonds. The van der Waals surface area contributed by atoms with E-state index in [0.29, 0.717) is 35.1 Å². The van der Waals surface area contributed by atoms with E-state index in [1.165, 1.54) is 18.3 Å². The van der Waals surface area contributed by atoms with Crippen molar-refractivity contribution in [1.82, 2.24) is 9.97 Å². The number of carbonyl (C=O) groups is 1. The number of pyridine rings is 1. The van der Waals surface area contributed by atoms with Crippen LogP contribution in [-0.2, 0) is 4.79 Å². The van der Waals surface area contributed by atoms with Crippen LogP contribution in [0.15, 0.2) is 24.4 Å². The molecule has 1 aromatic carbocycles. The number of nitrogens with zero attached hydrogens (tertiary/aromatic N) is 2. The van der Waals surface area contributed by atoms with Gasteiger partial charge in [0.2, 0.25) is 0 Å². The van der Waals surface area contributed by atoms with Gasteiger partial charge in [0.25, 0.3) is 0 Å². The van der Waals surface area contributed by atoms with E-state index in [9.17, 15) is 14.4 Å². The van der Waals surface area contributed by atoms with E-state index in [1.54, 1.807) is 6.07 Å². The zero-order chi connectivity index (χ0) is 17.6. The highest BCUT2D eigenvalue weighted by atomic mass is 19.1. The number of ketones is 1. The highest BCUT2D eigenvalue weighted by molar-refractivity contribution is 6.13. The molecule has 3 aromatic rings. The average molecular weight is 336 g/mol. The molecule has 2 heterocycles. The molecule has 2 atom stereocenters. The Balaban J connectivity index is 1.86. The average Bonchev–Trinajstić information content (AvgIpc) is 2.96. The molecule has 4 rings (SSSR count). The number of benzene rings is 1. The Morgan fingerprint density at radius 2 is 2.28 bits per heavy atom. The van der Waals surface area contributed by atoms with Crippen LogP contribution >= 0.6 is 0 Å². The maximum absolute atomic E-state index is 13.8. The molecule has 1 saturated carbocycles. The van der Waals surface area contributed by atoms with Gasteiger partial charge in [0.05, 0.1) is 16.5 Å². The van der Waals surface area contributed by atoms with Crippen LogP contribution in [0.2, 0.25) is 0 Å². The quantitative estimate of drug-likeness (QED) is 0.744. The summed E-state index contributed by atoms with van der Waals surface area (Å²) in [4.78, 5) is 19.2. The molecule has 25 heavy (non-hydrogen) atoms. The largest absolute Gasteiger partial charge is 0.366 e. The molecule has 1 fully saturated rings. The molecule has 0 unspecified atom stereocenters. The van der Waals surface area contributed by atoms with E-state index in [2.05, 4.69) is 21.4 Å². The zero-order valence-corrected chi connectivity index (χ0v) is 13.8. The third kappa shape index (κ3) is 2.62. The number of halogens is 1. The van der Waals surface area contributed by atoms with E-state index in [4.69, 9.17) is 0 Å². The first-order valence-corrected chi connectivity index (χ1v) is 8.35. The Morgan fingerprint density at radius 1 is 1.44 bits per heavy atom. The number of nitriles is 1. The zero-order valence-electron chi connectivity index (χ0n) is 13.8. The lowest BCUT2D eigenvalue weighted by molar-refractivity contribution is -0.121. The lowest BCUT2D eigenvalue weighted by atomic mass is 9.85. The number of aromatic nitrogens is 2. The van der Waals surface area contributed by atoms with E-state index < -0.39 is 0 Å². The summed E-state index contributed by atoms with van der Waals surface area (Å²) in [5.74, 6) is 0.781. The fraction of sp³-hybridized carbons (Fsp3) is 0.316. The number of hydrogen-bond acceptors (Lipinski definition) is 4. The van der Waals surface area contributed by atoms with Gasteiger partial charge in [-0.05, 0) is 30.5 Å². The summed E-state index contributed by atoms with van der Waals surface area (Å²) in [7, 11) is 0. The summed E-state index contributed by atoms with van der Waals surface area (Å²) in [6, 6.07) is 6.76. The normalized spacial score (nSPS) is 20.8. The van der Waals surface area contributed by atoms with Gasteiger partial charge in [-0.2, -0.15) is 5.26 Å². The first-order valence-electron chi connectivity index (χ1n) is 8.35. The molecular weight excluding hydrogens is 319 g/mol. The smallest absolute Gasteiger partial charge is 0.136 e. The Bertz CT molecular complexity index is 1030. The summed E-state index contributed by atoms with van der Waals surface area (Å²) in [5, 5.41) is 14.2. The molecule has 1 aliphatic rings. The SMILES string of the molecule is C[C@@H]1CC(=O)CC[C@H]1Nc1ncc(C#N)c2[nH]c3ccc(F)cc3c12. The molecule has 0 bridgehead atoms. The minimum atomic E-state index is -0.335. The van der Waals surface area contributed by atoms with Gasteiger partial charge in [0.15, 0.2) is 0 Å². The Hall–Kier alpha value is -2.94. The van der Waals surface area contributed by atoms with Crippen LogP contribution in [0.4, 0.5) is 10.2 Å². The Kier molecular flexibility index (Phi) is 3.65. The number of anilines is 1. The van der Waals surface area contributed by atoms with Crippen LogP contribution in [0.25, 0.3) is 21.8 Å². The van der Waals surface area contributed by atoms with E-state index in [-0.39, 0.29) is 23.6 Å². The van der Waals surface area contributed by atoms with Crippen LogP contribution in [0.1, 0.15) is 31.7 Å². The van der Waals surface area contributed by atoms with Crippen molar-refractivity contribution in [3.05, 3.63) is 35.8 Å². The van der Waals surface area contributed by atoms with Crippen molar-refractivity contribution in [2.24, 2.45) is 5.92 Å². The number of fused-ring (bicyclic) bond motifs is 3. The fourth-order valence-corrected chi connectivity index (χ4v) is 3.66. The van der Waals surface area contributed by atoms with E-state index in [1.807, 2.05) is 6.92 Å². The second-order valence-corrected chi connectivity index (χ2v) is 6.71. The van der Waals surface area contributed by atoms with Crippen LogP contribution in [-0.4, -0.2) is 21.8 Å². The number of H-pyrrole nitrogens is 1. The lowest BCUT2D eigenvalue weighted by Crippen LogP contribution is -2.34. The minimum absolute atomic E-state index is 0.125. The van der Waals surface area contributed by atoms with Crippen LogP contribution in [0, 0.1) is 23.1 Å². The van der Waals surface area contributed by atoms with E-state index in [0.717, 1.165) is 17.3 Å². The minimum Gasteiger partial charge on any atom is -0.366 e. The van der Waals surface area contributed by atoms with Crippen molar-refractivity contribution < 1.29 is 9.18 Å². The second kappa shape index (κ2) is 5.85. The van der Waals surface area contributed by atoms with Crippen molar-refractivity contribution >= 4 is 33.4 Å². The number of carbonyl (C=O) groups excluding carboxylic acids is 1. The highest BCUT2D eigenvalue weighted by Gasteiger charge is 2.27. The molecule has 2 aromatic heterocycles. The standard InChI is InChI=1S/C19H17FN4O/c1-10-6-13(25)3-5-15(10)24-19-17-14-7-12(20)2-4-16(14)23-18(17)11(8-21)9-22-19/h2,4,7,9-10,15,23H,3,5-6H2,1H3,(H,22,24)/t10-,15-/m1/s1. The molecule has 2 N–H and O–H groups in total. The predicted molar refractivity (Wildman–Crippen MR) is 93.7 cm³/mol. The molecule has 126 valence electrons. The van der Waals surface area contributed by atoms with Crippen molar-refractivity contribution in [2.75, 3.05) is 5.32 Å². The molecule has 1 aliphatic carbocycles. The number of hydrogen-bond donors (Lipinski definition) is 2. The maximum atomic E-state index is 13.8. The van der Waals surface area contributed by atoms with Crippen molar-refractivity contribution in [2.45, 2.75) is 32.2 Å². The van der Waals surface area contributed by atoms with Gasteiger partial charge >= 0.3 is 0 Å². The molecule has 5 nitrogen and oxygen atoms in total. The number of aromatic amines is 1. The molecule has 0 saturated heterocycles. The summed E-state index contributed by atoms with van der Waals surface area (Å²) in [5.41, 5.74) is 1.83. The molecule has 0 spiro atoms. The third-order valence-corrected chi connectivity index (χ3v) is 5.00. The summed E-state index contributed by atoms with van der Waals surface area (Å²) in [6.45, 7) is 2.05. The Labute approximate surface area is 143 Å². The first-order chi connectivity index (χ1) is 12.1. The molecular formula is C19H17FN4O. The topological polar surface area (TPSA) is 81.6 Å². The maximum Gasteiger partial charge on any atom is 0.136 e. The van der Waals surface area contributed by atoms with Gasteiger partial charge in [-0.25, -0.2) is 9.37 Å². The van der Waals surface area contributed by atoms with Crippen LogP contribution < -0.4 is 5.32 Å². The number of rotatable bonds is 2. The number of nitrogens with one attached hydrogen (secondary N) is 2. The molecule has 0 radical (unpaired) electrons. The highest BCUT2D eigenvalue weighted by Crippen LogP contribution is 2.34. The predicted octanol–water partition coefficient (Wildman–Crippen LogP) is 3.90. The van der Waals surface area contributed by atoms with Crippen molar-refractivity contribution in [1.29, 1.82) is 5.26 Å². The van der Waals surface area contributed by atoms with Crippen molar-refractivity contribution in [3.63, 3.8) is 0 Å². The van der Waals surface area contributed by atoms with Crippen molar-refractivity contribution in [3.8, 4) is 6.07 Å². The van der Waals surface area contributed by atoms with Gasteiger partial charge in [-0.1, -0.05) is 6.92 Å².